The van der Waals surface area contributed by atoms with Gasteiger partial charge in [0.05, 0.1) is 11.0 Å². The van der Waals surface area contributed by atoms with Crippen LogP contribution >= 0.6 is 0 Å². The second kappa shape index (κ2) is 6.13. The molecule has 1 aromatic rings. The standard InChI is InChI=1S/C14H20N2O4S/c1-10-7-8-16(9-13(10)20-2)14(17)11-3-5-12(6-4-11)21(15,18)19/h3-6,10,13H,7-9H2,1-2H3,(H2,15,18,19). The number of piperidine rings is 1. The molecule has 0 spiro atoms. The molecule has 21 heavy (non-hydrogen) atoms. The number of likely N-dealkylation sites (tertiary alicyclic amines) is 1. The molecule has 1 aromatic carbocycles. The number of amides is 1. The predicted molar refractivity (Wildman–Crippen MR) is 78.3 cm³/mol. The van der Waals surface area contributed by atoms with Gasteiger partial charge in [-0.1, -0.05) is 6.92 Å². The van der Waals surface area contributed by atoms with Crippen LogP contribution in [-0.4, -0.2) is 45.5 Å². The van der Waals surface area contributed by atoms with Crippen molar-refractivity contribution in [3.8, 4) is 0 Å². The summed E-state index contributed by atoms with van der Waals surface area (Å²) in [5, 5.41) is 5.04. The molecule has 2 N–H and O–H groups in total. The lowest BCUT2D eigenvalue weighted by molar-refractivity contribution is -0.00156. The first-order chi connectivity index (χ1) is 9.82. The van der Waals surface area contributed by atoms with Gasteiger partial charge >= 0.3 is 0 Å². The predicted octanol–water partition coefficient (Wildman–Crippen LogP) is 0.831. The van der Waals surface area contributed by atoms with Gasteiger partial charge in [-0.05, 0) is 36.6 Å². The molecule has 2 rings (SSSR count). The van der Waals surface area contributed by atoms with Gasteiger partial charge in [-0.15, -0.1) is 0 Å². The maximum atomic E-state index is 12.4. The van der Waals surface area contributed by atoms with Gasteiger partial charge in [0.25, 0.3) is 5.91 Å². The minimum atomic E-state index is -3.74. The van der Waals surface area contributed by atoms with Crippen molar-refractivity contribution in [3.05, 3.63) is 29.8 Å². The number of sulfonamides is 1. The molecule has 1 fully saturated rings. The zero-order valence-corrected chi connectivity index (χ0v) is 13.0. The smallest absolute Gasteiger partial charge is 0.253 e. The molecule has 7 heteroatoms. The van der Waals surface area contributed by atoms with E-state index in [0.29, 0.717) is 24.6 Å². The van der Waals surface area contributed by atoms with E-state index in [9.17, 15) is 13.2 Å². The number of rotatable bonds is 3. The number of nitrogens with two attached hydrogens (primary N) is 1. The Balaban J connectivity index is 2.13. The van der Waals surface area contributed by atoms with E-state index < -0.39 is 10.0 Å². The Morgan fingerprint density at radius 1 is 1.33 bits per heavy atom. The summed E-state index contributed by atoms with van der Waals surface area (Å²) in [5.74, 6) is 0.300. The van der Waals surface area contributed by atoms with Crippen molar-refractivity contribution < 1.29 is 17.9 Å². The number of carbonyl (C=O) groups is 1. The molecule has 1 aliphatic rings. The van der Waals surface area contributed by atoms with Crippen LogP contribution in [0.15, 0.2) is 29.2 Å². The quantitative estimate of drug-likeness (QED) is 0.895. The Kier molecular flexibility index (Phi) is 4.65. The van der Waals surface area contributed by atoms with E-state index in [1.165, 1.54) is 24.3 Å². The minimum Gasteiger partial charge on any atom is -0.379 e. The Morgan fingerprint density at radius 3 is 2.48 bits per heavy atom. The Labute approximate surface area is 124 Å². The molecule has 6 nitrogen and oxygen atoms in total. The summed E-state index contributed by atoms with van der Waals surface area (Å²) in [4.78, 5) is 14.2. The van der Waals surface area contributed by atoms with Crippen LogP contribution in [0, 0.1) is 5.92 Å². The van der Waals surface area contributed by atoms with E-state index in [4.69, 9.17) is 9.88 Å². The molecule has 0 aromatic heterocycles. The van der Waals surface area contributed by atoms with Crippen LogP contribution in [0.25, 0.3) is 0 Å². The van der Waals surface area contributed by atoms with Gasteiger partial charge in [0.2, 0.25) is 10.0 Å². The molecule has 116 valence electrons. The average molecular weight is 312 g/mol. The van der Waals surface area contributed by atoms with Gasteiger partial charge in [-0.2, -0.15) is 0 Å². The molecule has 2 atom stereocenters. The first kappa shape index (κ1) is 15.9. The van der Waals surface area contributed by atoms with E-state index in [1.807, 2.05) is 0 Å². The summed E-state index contributed by atoms with van der Waals surface area (Å²) < 4.78 is 27.8. The van der Waals surface area contributed by atoms with E-state index in [0.717, 1.165) is 6.42 Å². The van der Waals surface area contributed by atoms with Gasteiger partial charge in [0.1, 0.15) is 0 Å². The Morgan fingerprint density at radius 2 is 1.95 bits per heavy atom. The van der Waals surface area contributed by atoms with Crippen LogP contribution in [0.1, 0.15) is 23.7 Å². The highest BCUT2D eigenvalue weighted by Gasteiger charge is 2.29. The molecule has 1 aliphatic heterocycles. The average Bonchev–Trinajstić information content (AvgIpc) is 2.46. The first-order valence-electron chi connectivity index (χ1n) is 6.78. The van der Waals surface area contributed by atoms with E-state index in [2.05, 4.69) is 6.92 Å². The fourth-order valence-electron chi connectivity index (χ4n) is 2.49. The molecular formula is C14H20N2O4S. The molecule has 1 amide bonds. The molecule has 1 heterocycles. The van der Waals surface area contributed by atoms with E-state index >= 15 is 0 Å². The summed E-state index contributed by atoms with van der Waals surface area (Å²) in [6, 6.07) is 5.68. The minimum absolute atomic E-state index is 0.00100. The van der Waals surface area contributed by atoms with Crippen molar-refractivity contribution in [2.45, 2.75) is 24.3 Å². The lowest BCUT2D eigenvalue weighted by atomic mass is 9.95. The van der Waals surface area contributed by atoms with E-state index in [-0.39, 0.29) is 16.9 Å². The fraction of sp³-hybridized carbons (Fsp3) is 0.500. The number of hydrogen-bond acceptors (Lipinski definition) is 4. The third-order valence-electron chi connectivity index (χ3n) is 3.91. The number of hydrogen-bond donors (Lipinski definition) is 1. The molecule has 0 saturated carbocycles. The van der Waals surface area contributed by atoms with Crippen LogP contribution in [0.2, 0.25) is 0 Å². The Hall–Kier alpha value is -1.44. The van der Waals surface area contributed by atoms with Crippen LogP contribution in [0.3, 0.4) is 0 Å². The fourth-order valence-corrected chi connectivity index (χ4v) is 3.01. The van der Waals surface area contributed by atoms with Crippen molar-refractivity contribution in [1.82, 2.24) is 4.90 Å². The van der Waals surface area contributed by atoms with Gasteiger partial charge < -0.3 is 9.64 Å². The van der Waals surface area contributed by atoms with Crippen molar-refractivity contribution in [2.75, 3.05) is 20.2 Å². The molecule has 1 saturated heterocycles. The van der Waals surface area contributed by atoms with Crippen molar-refractivity contribution in [1.29, 1.82) is 0 Å². The maximum Gasteiger partial charge on any atom is 0.253 e. The lowest BCUT2D eigenvalue weighted by Crippen LogP contribution is -2.46. The Bertz CT molecular complexity index is 612. The van der Waals surface area contributed by atoms with Crippen LogP contribution < -0.4 is 5.14 Å². The molecule has 0 aliphatic carbocycles. The highest BCUT2D eigenvalue weighted by atomic mass is 32.2. The second-order valence-electron chi connectivity index (χ2n) is 5.36. The second-order valence-corrected chi connectivity index (χ2v) is 6.92. The summed E-state index contributed by atoms with van der Waals surface area (Å²) in [6.45, 7) is 3.33. The van der Waals surface area contributed by atoms with Gasteiger partial charge in [0, 0.05) is 25.8 Å². The number of benzene rings is 1. The zero-order chi connectivity index (χ0) is 15.6. The molecular weight excluding hydrogens is 292 g/mol. The topological polar surface area (TPSA) is 89.7 Å². The number of nitrogens with zero attached hydrogens (tertiary/aromatic N) is 1. The highest BCUT2D eigenvalue weighted by Crippen LogP contribution is 2.21. The van der Waals surface area contributed by atoms with E-state index in [1.54, 1.807) is 12.0 Å². The number of methoxy groups -OCH3 is 1. The molecule has 0 radical (unpaired) electrons. The largest absolute Gasteiger partial charge is 0.379 e. The summed E-state index contributed by atoms with van der Waals surface area (Å²) >= 11 is 0. The third kappa shape index (κ3) is 3.61. The van der Waals surface area contributed by atoms with Crippen molar-refractivity contribution in [3.63, 3.8) is 0 Å². The summed E-state index contributed by atoms with van der Waals surface area (Å²) in [6.07, 6.45) is 0.922. The molecule has 0 bridgehead atoms. The lowest BCUT2D eigenvalue weighted by Gasteiger charge is -2.36. The highest BCUT2D eigenvalue weighted by molar-refractivity contribution is 7.89. The number of ether oxygens (including phenoxy) is 1. The number of primary sulfonamides is 1. The van der Waals surface area contributed by atoms with Crippen LogP contribution in [-0.2, 0) is 14.8 Å². The van der Waals surface area contributed by atoms with Crippen molar-refractivity contribution >= 4 is 15.9 Å². The zero-order valence-electron chi connectivity index (χ0n) is 12.2. The first-order valence-corrected chi connectivity index (χ1v) is 8.32. The number of carbonyl (C=O) groups excluding carboxylic acids is 1. The normalized spacial score (nSPS) is 23.1. The molecule has 2 unspecified atom stereocenters. The van der Waals surface area contributed by atoms with Crippen molar-refractivity contribution in [2.24, 2.45) is 11.1 Å². The monoisotopic (exact) mass is 312 g/mol. The van der Waals surface area contributed by atoms with Crippen LogP contribution in [0.5, 0.6) is 0 Å². The van der Waals surface area contributed by atoms with Gasteiger partial charge in [-0.3, -0.25) is 4.79 Å². The van der Waals surface area contributed by atoms with Gasteiger partial charge in [-0.25, -0.2) is 13.6 Å². The third-order valence-corrected chi connectivity index (χ3v) is 4.84. The maximum absolute atomic E-state index is 12.4. The summed E-state index contributed by atoms with van der Waals surface area (Å²) in [5.41, 5.74) is 0.451. The van der Waals surface area contributed by atoms with Crippen LogP contribution in [0.4, 0.5) is 0 Å². The van der Waals surface area contributed by atoms with Gasteiger partial charge in [0.15, 0.2) is 0 Å². The SMILES string of the molecule is COC1CN(C(=O)c2ccc(S(N)(=O)=O)cc2)CCC1C. The summed E-state index contributed by atoms with van der Waals surface area (Å²) in [7, 11) is -2.09.